The van der Waals surface area contributed by atoms with Gasteiger partial charge in [0.15, 0.2) is 0 Å². The molecule has 1 aromatic carbocycles. The number of ether oxygens (including phenoxy) is 2. The zero-order valence-corrected chi connectivity index (χ0v) is 14.0. The average molecular weight is 316 g/mol. The van der Waals surface area contributed by atoms with E-state index in [4.69, 9.17) is 15.2 Å². The highest BCUT2D eigenvalue weighted by Gasteiger charge is 2.16. The van der Waals surface area contributed by atoms with E-state index in [2.05, 4.69) is 4.57 Å². The number of nitrogens with zero attached hydrogens (tertiary/aromatic N) is 1. The molecule has 124 valence electrons. The van der Waals surface area contributed by atoms with Crippen molar-refractivity contribution in [1.82, 2.24) is 4.57 Å². The summed E-state index contributed by atoms with van der Waals surface area (Å²) in [5.41, 5.74) is 8.90. The van der Waals surface area contributed by atoms with Gasteiger partial charge in [-0.2, -0.15) is 0 Å². The third-order valence-electron chi connectivity index (χ3n) is 3.87. The maximum absolute atomic E-state index is 11.7. The van der Waals surface area contributed by atoms with E-state index in [1.165, 1.54) is 0 Å². The predicted molar refractivity (Wildman–Crippen MR) is 90.8 cm³/mol. The lowest BCUT2D eigenvalue weighted by molar-refractivity contribution is 0.0999. The highest BCUT2D eigenvalue weighted by molar-refractivity contribution is 5.95. The van der Waals surface area contributed by atoms with Crippen molar-refractivity contribution in [2.45, 2.75) is 26.8 Å². The Kier molecular flexibility index (Phi) is 5.82. The Hall–Kier alpha value is -2.27. The van der Waals surface area contributed by atoms with Gasteiger partial charge in [0.05, 0.1) is 12.7 Å². The van der Waals surface area contributed by atoms with Crippen LogP contribution in [0.4, 0.5) is 0 Å². The third-order valence-corrected chi connectivity index (χ3v) is 3.87. The molecule has 23 heavy (non-hydrogen) atoms. The molecular formula is C18H24N2O3. The molecule has 5 heteroatoms. The molecule has 0 spiro atoms. The molecular weight excluding hydrogens is 292 g/mol. The molecule has 0 bridgehead atoms. The number of aromatic nitrogens is 1. The molecule has 0 aliphatic rings. The van der Waals surface area contributed by atoms with Gasteiger partial charge in [0.25, 0.3) is 5.91 Å². The van der Waals surface area contributed by atoms with Crippen LogP contribution in [0.1, 0.15) is 29.4 Å². The fourth-order valence-electron chi connectivity index (χ4n) is 2.67. The zero-order chi connectivity index (χ0) is 16.8. The van der Waals surface area contributed by atoms with Crippen molar-refractivity contribution in [3.05, 3.63) is 41.6 Å². The standard InChI is InChI=1S/C18H24N2O3/c1-4-23-10-6-9-20-13(2)16(18(19)21)12-17(20)14-7-5-8-15(11-14)22-3/h5,7-8,11-12H,4,6,9-10H2,1-3H3,(H2,19,21). The number of rotatable bonds is 8. The molecule has 1 heterocycles. The van der Waals surface area contributed by atoms with Crippen LogP contribution < -0.4 is 10.5 Å². The van der Waals surface area contributed by atoms with Gasteiger partial charge in [0.1, 0.15) is 5.75 Å². The number of benzene rings is 1. The Bertz CT molecular complexity index is 677. The maximum atomic E-state index is 11.7. The largest absolute Gasteiger partial charge is 0.497 e. The SMILES string of the molecule is CCOCCCn1c(-c2cccc(OC)c2)cc(C(N)=O)c1C. The van der Waals surface area contributed by atoms with E-state index in [1.807, 2.05) is 44.2 Å². The summed E-state index contributed by atoms with van der Waals surface area (Å²) in [6.45, 7) is 6.07. The second kappa shape index (κ2) is 7.83. The molecule has 0 aliphatic heterocycles. The number of hydrogen-bond acceptors (Lipinski definition) is 3. The minimum Gasteiger partial charge on any atom is -0.497 e. The first kappa shape index (κ1) is 17.1. The van der Waals surface area contributed by atoms with Gasteiger partial charge in [-0.25, -0.2) is 0 Å². The van der Waals surface area contributed by atoms with Gasteiger partial charge in [-0.1, -0.05) is 12.1 Å². The van der Waals surface area contributed by atoms with Crippen molar-refractivity contribution in [2.75, 3.05) is 20.3 Å². The molecule has 2 aromatic rings. The Morgan fingerprint density at radius 1 is 1.30 bits per heavy atom. The molecule has 5 nitrogen and oxygen atoms in total. The van der Waals surface area contributed by atoms with Crippen LogP contribution in [0.3, 0.4) is 0 Å². The van der Waals surface area contributed by atoms with Gasteiger partial charge in [0.2, 0.25) is 0 Å². The Labute approximate surface area is 137 Å². The van der Waals surface area contributed by atoms with E-state index in [1.54, 1.807) is 7.11 Å². The van der Waals surface area contributed by atoms with E-state index in [0.717, 1.165) is 35.7 Å². The Morgan fingerprint density at radius 3 is 2.74 bits per heavy atom. The van der Waals surface area contributed by atoms with E-state index in [9.17, 15) is 4.79 Å². The van der Waals surface area contributed by atoms with Crippen molar-refractivity contribution in [3.63, 3.8) is 0 Å². The summed E-state index contributed by atoms with van der Waals surface area (Å²) in [6.07, 6.45) is 0.874. The molecule has 0 atom stereocenters. The van der Waals surface area contributed by atoms with Gasteiger partial charge < -0.3 is 19.8 Å². The maximum Gasteiger partial charge on any atom is 0.250 e. The van der Waals surface area contributed by atoms with Crippen LogP contribution in [0.5, 0.6) is 5.75 Å². The van der Waals surface area contributed by atoms with Gasteiger partial charge in [0, 0.05) is 36.7 Å². The number of hydrogen-bond donors (Lipinski definition) is 1. The smallest absolute Gasteiger partial charge is 0.250 e. The highest BCUT2D eigenvalue weighted by atomic mass is 16.5. The summed E-state index contributed by atoms with van der Waals surface area (Å²) in [6, 6.07) is 9.64. The summed E-state index contributed by atoms with van der Waals surface area (Å²) in [5.74, 6) is 0.373. The first-order valence-electron chi connectivity index (χ1n) is 7.80. The van der Waals surface area contributed by atoms with E-state index in [0.29, 0.717) is 18.8 Å². The number of carbonyl (C=O) groups is 1. The number of nitrogens with two attached hydrogens (primary N) is 1. The van der Waals surface area contributed by atoms with Crippen LogP contribution in [0.15, 0.2) is 30.3 Å². The van der Waals surface area contributed by atoms with Crippen molar-refractivity contribution in [1.29, 1.82) is 0 Å². The second-order valence-electron chi connectivity index (χ2n) is 5.33. The van der Waals surface area contributed by atoms with Gasteiger partial charge in [-0.3, -0.25) is 4.79 Å². The van der Waals surface area contributed by atoms with Crippen LogP contribution in [-0.4, -0.2) is 30.8 Å². The van der Waals surface area contributed by atoms with Crippen LogP contribution in [0.25, 0.3) is 11.3 Å². The predicted octanol–water partition coefficient (Wildman–Crippen LogP) is 3.00. The number of methoxy groups -OCH3 is 1. The van der Waals surface area contributed by atoms with Crippen LogP contribution >= 0.6 is 0 Å². The molecule has 1 aromatic heterocycles. The van der Waals surface area contributed by atoms with E-state index in [-0.39, 0.29) is 0 Å². The lowest BCUT2D eigenvalue weighted by atomic mass is 10.1. The summed E-state index contributed by atoms with van der Waals surface area (Å²) in [5, 5.41) is 0. The second-order valence-corrected chi connectivity index (χ2v) is 5.33. The highest BCUT2D eigenvalue weighted by Crippen LogP contribution is 2.28. The first-order chi connectivity index (χ1) is 11.1. The third kappa shape index (κ3) is 3.93. The Balaban J connectivity index is 2.39. The quantitative estimate of drug-likeness (QED) is 0.761. The van der Waals surface area contributed by atoms with E-state index < -0.39 is 5.91 Å². The van der Waals surface area contributed by atoms with Crippen LogP contribution in [0, 0.1) is 6.92 Å². The summed E-state index contributed by atoms with van der Waals surface area (Å²) < 4.78 is 12.8. The van der Waals surface area contributed by atoms with Crippen LogP contribution in [-0.2, 0) is 11.3 Å². The van der Waals surface area contributed by atoms with Gasteiger partial charge in [-0.05, 0) is 38.5 Å². The lowest BCUT2D eigenvalue weighted by Gasteiger charge is -2.13. The molecule has 0 saturated heterocycles. The average Bonchev–Trinajstić information content (AvgIpc) is 2.89. The molecule has 0 saturated carbocycles. The van der Waals surface area contributed by atoms with Gasteiger partial charge in [-0.15, -0.1) is 0 Å². The molecule has 1 amide bonds. The molecule has 0 aliphatic carbocycles. The molecule has 0 fully saturated rings. The fourth-order valence-corrected chi connectivity index (χ4v) is 2.67. The van der Waals surface area contributed by atoms with Crippen molar-refractivity contribution in [2.24, 2.45) is 5.73 Å². The summed E-state index contributed by atoms with van der Waals surface area (Å²) >= 11 is 0. The normalized spacial score (nSPS) is 10.7. The summed E-state index contributed by atoms with van der Waals surface area (Å²) in [4.78, 5) is 11.7. The zero-order valence-electron chi connectivity index (χ0n) is 14.0. The number of amides is 1. The fraction of sp³-hybridized carbons (Fsp3) is 0.389. The molecule has 0 unspecified atom stereocenters. The minimum atomic E-state index is -0.407. The van der Waals surface area contributed by atoms with Crippen LogP contribution in [0.2, 0.25) is 0 Å². The van der Waals surface area contributed by atoms with Crippen molar-refractivity contribution in [3.8, 4) is 17.0 Å². The molecule has 2 N–H and O–H groups in total. The minimum absolute atomic E-state index is 0.407. The van der Waals surface area contributed by atoms with Crippen molar-refractivity contribution >= 4 is 5.91 Å². The number of primary amides is 1. The first-order valence-corrected chi connectivity index (χ1v) is 7.80. The van der Waals surface area contributed by atoms with Gasteiger partial charge >= 0.3 is 0 Å². The molecule has 0 radical (unpaired) electrons. The summed E-state index contributed by atoms with van der Waals surface area (Å²) in [7, 11) is 1.64. The lowest BCUT2D eigenvalue weighted by Crippen LogP contribution is -2.13. The van der Waals surface area contributed by atoms with E-state index >= 15 is 0 Å². The Morgan fingerprint density at radius 2 is 2.09 bits per heavy atom. The van der Waals surface area contributed by atoms with Crippen molar-refractivity contribution < 1.29 is 14.3 Å². The number of carbonyl (C=O) groups excluding carboxylic acids is 1. The monoisotopic (exact) mass is 316 g/mol. The topological polar surface area (TPSA) is 66.5 Å². The molecule has 2 rings (SSSR count).